The number of ether oxygens (including phenoxy) is 1. The molecule has 1 aromatic carbocycles. The highest BCUT2D eigenvalue weighted by Gasteiger charge is 2.29. The van der Waals surface area contributed by atoms with Gasteiger partial charge in [-0.25, -0.2) is 4.98 Å². The Morgan fingerprint density at radius 3 is 2.43 bits per heavy atom. The van der Waals surface area contributed by atoms with Crippen molar-refractivity contribution in [1.29, 1.82) is 0 Å². The number of carbonyl (C=O) groups excluding carboxylic acids is 1. The summed E-state index contributed by atoms with van der Waals surface area (Å²) < 4.78 is 5.61. The van der Waals surface area contributed by atoms with Crippen molar-refractivity contribution in [2.45, 2.75) is 51.4 Å². The SMILES string of the molecule is COc1nc(-c2ccccc2)nc2c1CCC(C(=O)N1CCCCCC1)CC2. The Hall–Kier alpha value is -2.43. The molecule has 148 valence electrons. The Balaban J connectivity index is 1.55. The van der Waals surface area contributed by atoms with E-state index in [1.54, 1.807) is 7.11 Å². The summed E-state index contributed by atoms with van der Waals surface area (Å²) >= 11 is 0. The summed E-state index contributed by atoms with van der Waals surface area (Å²) in [5.74, 6) is 1.78. The van der Waals surface area contributed by atoms with Crippen LogP contribution in [-0.2, 0) is 17.6 Å². The standard InChI is InChI=1S/C23H29N3O2/c1-28-22-19-13-11-18(23(27)26-15-7-2-3-8-16-26)12-14-20(19)24-21(25-22)17-9-5-4-6-10-17/h4-6,9-10,18H,2-3,7-8,11-16H2,1H3. The van der Waals surface area contributed by atoms with Gasteiger partial charge in [0, 0.05) is 30.1 Å². The fourth-order valence-electron chi connectivity index (χ4n) is 4.42. The molecule has 1 saturated heterocycles. The number of methoxy groups -OCH3 is 1. The zero-order chi connectivity index (χ0) is 19.3. The van der Waals surface area contributed by atoms with Crippen LogP contribution in [0.1, 0.15) is 49.8 Å². The number of benzene rings is 1. The van der Waals surface area contributed by atoms with E-state index in [9.17, 15) is 4.79 Å². The number of hydrogen-bond acceptors (Lipinski definition) is 4. The third kappa shape index (κ3) is 4.03. The van der Waals surface area contributed by atoms with Crippen molar-refractivity contribution in [3.8, 4) is 17.3 Å². The van der Waals surface area contributed by atoms with Crippen LogP contribution in [0.2, 0.25) is 0 Å². The quantitative estimate of drug-likeness (QED) is 0.755. The second kappa shape index (κ2) is 8.72. The lowest BCUT2D eigenvalue weighted by Gasteiger charge is -2.25. The predicted molar refractivity (Wildman–Crippen MR) is 109 cm³/mol. The van der Waals surface area contributed by atoms with Gasteiger partial charge in [0.25, 0.3) is 0 Å². The van der Waals surface area contributed by atoms with Crippen molar-refractivity contribution in [1.82, 2.24) is 14.9 Å². The molecule has 2 aliphatic rings. The number of aryl methyl sites for hydroxylation is 1. The number of fused-ring (bicyclic) bond motifs is 1. The van der Waals surface area contributed by atoms with Crippen molar-refractivity contribution in [3.05, 3.63) is 41.6 Å². The van der Waals surface area contributed by atoms with Crippen molar-refractivity contribution in [2.24, 2.45) is 5.92 Å². The smallest absolute Gasteiger partial charge is 0.225 e. The van der Waals surface area contributed by atoms with Gasteiger partial charge in [-0.05, 0) is 38.5 Å². The van der Waals surface area contributed by atoms with E-state index < -0.39 is 0 Å². The molecule has 28 heavy (non-hydrogen) atoms. The van der Waals surface area contributed by atoms with Gasteiger partial charge in [-0.1, -0.05) is 43.2 Å². The Morgan fingerprint density at radius 1 is 1.00 bits per heavy atom. The Morgan fingerprint density at radius 2 is 1.71 bits per heavy atom. The first kappa shape index (κ1) is 18.9. The molecule has 1 fully saturated rings. The first-order valence-corrected chi connectivity index (χ1v) is 10.5. The minimum atomic E-state index is 0.0807. The van der Waals surface area contributed by atoms with E-state index in [1.807, 2.05) is 30.3 Å². The molecule has 0 saturated carbocycles. The molecule has 1 amide bonds. The summed E-state index contributed by atoms with van der Waals surface area (Å²) in [6.45, 7) is 1.84. The van der Waals surface area contributed by atoms with Crippen LogP contribution in [0.15, 0.2) is 30.3 Å². The van der Waals surface area contributed by atoms with Crippen LogP contribution in [0.4, 0.5) is 0 Å². The Labute approximate surface area is 167 Å². The number of aromatic nitrogens is 2. The number of nitrogens with zero attached hydrogens (tertiary/aromatic N) is 3. The molecule has 1 unspecified atom stereocenters. The van der Waals surface area contributed by atoms with Crippen molar-refractivity contribution in [2.75, 3.05) is 20.2 Å². The minimum absolute atomic E-state index is 0.0807. The van der Waals surface area contributed by atoms with E-state index in [0.29, 0.717) is 17.6 Å². The molecule has 4 rings (SSSR count). The van der Waals surface area contributed by atoms with Crippen molar-refractivity contribution in [3.63, 3.8) is 0 Å². The maximum atomic E-state index is 13.1. The highest BCUT2D eigenvalue weighted by molar-refractivity contribution is 5.79. The Kier molecular flexibility index (Phi) is 5.89. The molecule has 1 atom stereocenters. The second-order valence-electron chi connectivity index (χ2n) is 7.86. The van der Waals surface area contributed by atoms with Crippen LogP contribution in [0.3, 0.4) is 0 Å². The van der Waals surface area contributed by atoms with Gasteiger partial charge >= 0.3 is 0 Å². The van der Waals surface area contributed by atoms with Crippen LogP contribution in [0.5, 0.6) is 5.88 Å². The summed E-state index contributed by atoms with van der Waals surface area (Å²) in [6.07, 6.45) is 8.08. The first-order chi connectivity index (χ1) is 13.8. The van der Waals surface area contributed by atoms with E-state index in [0.717, 1.165) is 68.4 Å². The van der Waals surface area contributed by atoms with Crippen molar-refractivity contribution < 1.29 is 9.53 Å². The first-order valence-electron chi connectivity index (χ1n) is 10.5. The maximum absolute atomic E-state index is 13.1. The van der Waals surface area contributed by atoms with Crippen LogP contribution in [0.25, 0.3) is 11.4 Å². The van der Waals surface area contributed by atoms with Crippen LogP contribution >= 0.6 is 0 Å². The molecule has 1 aliphatic carbocycles. The largest absolute Gasteiger partial charge is 0.481 e. The van der Waals surface area contributed by atoms with E-state index >= 15 is 0 Å². The monoisotopic (exact) mass is 379 g/mol. The lowest BCUT2D eigenvalue weighted by atomic mass is 9.98. The molecule has 1 aromatic heterocycles. The summed E-state index contributed by atoms with van der Waals surface area (Å²) in [5.41, 5.74) is 3.11. The molecule has 0 N–H and O–H groups in total. The highest BCUT2D eigenvalue weighted by atomic mass is 16.5. The topological polar surface area (TPSA) is 55.3 Å². The average Bonchev–Trinajstić information content (AvgIpc) is 3.14. The fourth-order valence-corrected chi connectivity index (χ4v) is 4.42. The lowest BCUT2D eigenvalue weighted by Crippen LogP contribution is -2.37. The van der Waals surface area contributed by atoms with Gasteiger partial charge in [-0.15, -0.1) is 0 Å². The van der Waals surface area contributed by atoms with Gasteiger partial charge in [-0.2, -0.15) is 4.98 Å². The third-order valence-corrected chi connectivity index (χ3v) is 6.02. The normalized spacial score (nSPS) is 20.0. The molecule has 5 heteroatoms. The molecule has 1 aliphatic heterocycles. The number of rotatable bonds is 3. The Bertz CT molecular complexity index is 814. The highest BCUT2D eigenvalue weighted by Crippen LogP contribution is 2.32. The van der Waals surface area contributed by atoms with Gasteiger partial charge in [-0.3, -0.25) is 4.79 Å². The zero-order valence-electron chi connectivity index (χ0n) is 16.7. The van der Waals surface area contributed by atoms with E-state index in [-0.39, 0.29) is 5.92 Å². The second-order valence-corrected chi connectivity index (χ2v) is 7.86. The fraction of sp³-hybridized carbons (Fsp3) is 0.522. The molecular weight excluding hydrogens is 350 g/mol. The average molecular weight is 380 g/mol. The minimum Gasteiger partial charge on any atom is -0.481 e. The van der Waals surface area contributed by atoms with Gasteiger partial charge in [0.1, 0.15) is 0 Å². The summed E-state index contributed by atoms with van der Waals surface area (Å²) in [6, 6.07) is 10.0. The summed E-state index contributed by atoms with van der Waals surface area (Å²) in [7, 11) is 1.67. The van der Waals surface area contributed by atoms with Gasteiger partial charge < -0.3 is 9.64 Å². The molecular formula is C23H29N3O2. The van der Waals surface area contributed by atoms with E-state index in [1.165, 1.54) is 12.8 Å². The predicted octanol–water partition coefficient (Wildman–Crippen LogP) is 4.05. The summed E-state index contributed by atoms with van der Waals surface area (Å²) in [5, 5.41) is 0. The molecule has 0 radical (unpaired) electrons. The third-order valence-electron chi connectivity index (χ3n) is 6.02. The molecule has 5 nitrogen and oxygen atoms in total. The van der Waals surface area contributed by atoms with Gasteiger partial charge in [0.2, 0.25) is 11.8 Å². The number of likely N-dealkylation sites (tertiary alicyclic amines) is 1. The molecule has 2 heterocycles. The van der Waals surface area contributed by atoms with Gasteiger partial charge in [0.05, 0.1) is 12.8 Å². The molecule has 2 aromatic rings. The number of carbonyl (C=O) groups is 1. The van der Waals surface area contributed by atoms with E-state index in [2.05, 4.69) is 9.88 Å². The number of hydrogen-bond donors (Lipinski definition) is 0. The lowest BCUT2D eigenvalue weighted by molar-refractivity contribution is -0.135. The van der Waals surface area contributed by atoms with E-state index in [4.69, 9.17) is 9.72 Å². The maximum Gasteiger partial charge on any atom is 0.225 e. The summed E-state index contributed by atoms with van der Waals surface area (Å²) in [4.78, 5) is 24.7. The van der Waals surface area contributed by atoms with Crippen LogP contribution in [0, 0.1) is 5.92 Å². The molecule has 0 spiro atoms. The number of amides is 1. The van der Waals surface area contributed by atoms with Crippen LogP contribution < -0.4 is 4.74 Å². The zero-order valence-corrected chi connectivity index (χ0v) is 16.7. The van der Waals surface area contributed by atoms with Gasteiger partial charge in [0.15, 0.2) is 5.82 Å². The molecule has 0 bridgehead atoms. The van der Waals surface area contributed by atoms with Crippen molar-refractivity contribution >= 4 is 5.91 Å². The van der Waals surface area contributed by atoms with Crippen LogP contribution in [-0.4, -0.2) is 41.0 Å².